The Labute approximate surface area is 171 Å². The molecule has 2 fully saturated rings. The van der Waals surface area contributed by atoms with Gasteiger partial charge in [-0.3, -0.25) is 9.59 Å². The van der Waals surface area contributed by atoms with Crippen molar-refractivity contribution in [2.45, 2.75) is 38.1 Å². The van der Waals surface area contributed by atoms with Crippen molar-refractivity contribution in [1.29, 1.82) is 0 Å². The van der Waals surface area contributed by atoms with Crippen molar-refractivity contribution >= 4 is 21.8 Å². The molecule has 1 aromatic carbocycles. The lowest BCUT2D eigenvalue weighted by Crippen LogP contribution is -2.47. The number of sulfonamides is 1. The van der Waals surface area contributed by atoms with Gasteiger partial charge in [0.05, 0.1) is 18.6 Å². The van der Waals surface area contributed by atoms with Gasteiger partial charge in [0.15, 0.2) is 0 Å². The molecule has 9 heteroatoms. The van der Waals surface area contributed by atoms with Crippen molar-refractivity contribution in [3.63, 3.8) is 0 Å². The number of hydrogen-bond acceptors (Lipinski definition) is 4. The largest absolute Gasteiger partial charge is 0.354 e. The normalized spacial score (nSPS) is 24.5. The van der Waals surface area contributed by atoms with E-state index in [2.05, 4.69) is 5.32 Å². The molecule has 7 nitrogen and oxygen atoms in total. The monoisotopic (exact) mass is 425 g/mol. The van der Waals surface area contributed by atoms with E-state index in [0.29, 0.717) is 44.5 Å². The summed E-state index contributed by atoms with van der Waals surface area (Å²) in [6.45, 7) is 1.22. The highest BCUT2D eigenvalue weighted by Gasteiger charge is 2.40. The molecular formula is C20H28FN3O4S. The predicted octanol–water partition coefficient (Wildman–Crippen LogP) is 1.15. The number of hydrogen-bond donors (Lipinski definition) is 1. The molecule has 3 rings (SSSR count). The number of carbonyl (C=O) groups excluding carboxylic acids is 2. The zero-order valence-electron chi connectivity index (χ0n) is 16.6. The number of halogens is 1. The van der Waals surface area contributed by atoms with Gasteiger partial charge in [-0.1, -0.05) is 24.6 Å². The number of rotatable bonds is 3. The van der Waals surface area contributed by atoms with Crippen LogP contribution in [0, 0.1) is 11.7 Å². The van der Waals surface area contributed by atoms with Crippen molar-refractivity contribution in [2.24, 2.45) is 5.92 Å². The van der Waals surface area contributed by atoms with Gasteiger partial charge in [0.2, 0.25) is 21.8 Å². The molecule has 2 unspecified atom stereocenters. The summed E-state index contributed by atoms with van der Waals surface area (Å²) in [5.74, 6) is -1.19. The van der Waals surface area contributed by atoms with E-state index < -0.39 is 15.8 Å². The summed E-state index contributed by atoms with van der Waals surface area (Å²) in [4.78, 5) is 26.9. The molecule has 1 saturated heterocycles. The summed E-state index contributed by atoms with van der Waals surface area (Å²) >= 11 is 0. The predicted molar refractivity (Wildman–Crippen MR) is 107 cm³/mol. The lowest BCUT2D eigenvalue weighted by molar-refractivity contribution is -0.131. The molecule has 0 radical (unpaired) electrons. The third-order valence-corrected chi connectivity index (χ3v) is 7.06. The van der Waals surface area contributed by atoms with Gasteiger partial charge in [0.25, 0.3) is 0 Å². The minimum atomic E-state index is -3.47. The summed E-state index contributed by atoms with van der Waals surface area (Å²) < 4.78 is 40.0. The van der Waals surface area contributed by atoms with Crippen LogP contribution in [0.25, 0.3) is 0 Å². The molecule has 1 aliphatic heterocycles. The molecule has 1 saturated carbocycles. The van der Waals surface area contributed by atoms with Gasteiger partial charge >= 0.3 is 0 Å². The lowest BCUT2D eigenvalue weighted by atomic mass is 10.0. The van der Waals surface area contributed by atoms with Gasteiger partial charge in [0, 0.05) is 32.2 Å². The highest BCUT2D eigenvalue weighted by molar-refractivity contribution is 7.88. The summed E-state index contributed by atoms with van der Waals surface area (Å²) in [7, 11) is -3.47. The standard InChI is InChI=1S/C20H28FN3O4S/c1-29(27,28)24-12-5-11-23(19(25)14-15-6-2-3-8-17(15)21)13-10-22-20(26)16-7-4-9-18(16)24/h2-3,6,8,16,18H,4-5,7,9-14H2,1H3,(H,22,26). The van der Waals surface area contributed by atoms with E-state index in [1.807, 2.05) is 0 Å². The van der Waals surface area contributed by atoms with Gasteiger partial charge in [-0.05, 0) is 30.9 Å². The fourth-order valence-electron chi connectivity index (χ4n) is 4.31. The van der Waals surface area contributed by atoms with E-state index >= 15 is 0 Å². The van der Waals surface area contributed by atoms with Crippen molar-refractivity contribution in [2.75, 3.05) is 32.4 Å². The smallest absolute Gasteiger partial charge is 0.227 e. The first-order chi connectivity index (χ1) is 13.8. The van der Waals surface area contributed by atoms with Crippen LogP contribution < -0.4 is 5.32 Å². The van der Waals surface area contributed by atoms with Crippen LogP contribution in [0.3, 0.4) is 0 Å². The Hall–Kier alpha value is -2.00. The Morgan fingerprint density at radius 1 is 1.17 bits per heavy atom. The first-order valence-electron chi connectivity index (χ1n) is 10.0. The maximum absolute atomic E-state index is 13.9. The van der Waals surface area contributed by atoms with Crippen LogP contribution in [-0.2, 0) is 26.0 Å². The number of amides is 2. The van der Waals surface area contributed by atoms with Gasteiger partial charge in [0.1, 0.15) is 5.82 Å². The van der Waals surface area contributed by atoms with Gasteiger partial charge in [-0.2, -0.15) is 4.31 Å². The van der Waals surface area contributed by atoms with Crippen LogP contribution in [0.15, 0.2) is 24.3 Å². The van der Waals surface area contributed by atoms with E-state index in [1.54, 1.807) is 23.1 Å². The summed E-state index contributed by atoms with van der Waals surface area (Å²) in [6.07, 6.45) is 3.72. The molecule has 1 aromatic rings. The molecule has 1 N–H and O–H groups in total. The Balaban J connectivity index is 1.75. The highest BCUT2D eigenvalue weighted by Crippen LogP contribution is 2.32. The van der Waals surface area contributed by atoms with E-state index in [9.17, 15) is 22.4 Å². The molecule has 1 aliphatic carbocycles. The van der Waals surface area contributed by atoms with Crippen molar-refractivity contribution in [1.82, 2.24) is 14.5 Å². The minimum absolute atomic E-state index is 0.0678. The second-order valence-electron chi connectivity index (χ2n) is 7.77. The van der Waals surface area contributed by atoms with Crippen molar-refractivity contribution in [3.05, 3.63) is 35.6 Å². The van der Waals surface area contributed by atoms with Gasteiger partial charge in [-0.25, -0.2) is 12.8 Å². The topological polar surface area (TPSA) is 86.8 Å². The average molecular weight is 426 g/mol. The van der Waals surface area contributed by atoms with Crippen LogP contribution in [0.4, 0.5) is 4.39 Å². The quantitative estimate of drug-likeness (QED) is 0.787. The van der Waals surface area contributed by atoms with Crippen molar-refractivity contribution in [3.8, 4) is 0 Å². The van der Waals surface area contributed by atoms with Crippen LogP contribution in [0.1, 0.15) is 31.2 Å². The fourth-order valence-corrected chi connectivity index (χ4v) is 5.51. The van der Waals surface area contributed by atoms with Crippen LogP contribution >= 0.6 is 0 Å². The van der Waals surface area contributed by atoms with E-state index in [4.69, 9.17) is 0 Å². The number of nitrogens with one attached hydrogen (secondary N) is 1. The Kier molecular flexibility index (Phi) is 6.89. The Morgan fingerprint density at radius 2 is 1.93 bits per heavy atom. The third kappa shape index (κ3) is 5.33. The highest BCUT2D eigenvalue weighted by atomic mass is 32.2. The maximum Gasteiger partial charge on any atom is 0.227 e. The van der Waals surface area contributed by atoms with Gasteiger partial charge < -0.3 is 10.2 Å². The van der Waals surface area contributed by atoms with Crippen LogP contribution in [0.2, 0.25) is 0 Å². The molecule has 0 bridgehead atoms. The molecule has 1 heterocycles. The second kappa shape index (κ2) is 9.21. The SMILES string of the molecule is CS(=O)(=O)N1CCCN(C(=O)Cc2ccccc2F)CCNC(=O)C2CCCC21. The molecule has 2 aliphatic rings. The molecule has 2 atom stereocenters. The number of nitrogens with zero attached hydrogens (tertiary/aromatic N) is 2. The van der Waals surface area contributed by atoms with Crippen molar-refractivity contribution < 1.29 is 22.4 Å². The average Bonchev–Trinajstić information content (AvgIpc) is 3.12. The molecular weight excluding hydrogens is 397 g/mol. The molecule has 29 heavy (non-hydrogen) atoms. The first-order valence-corrected chi connectivity index (χ1v) is 11.9. The number of carbonyl (C=O) groups is 2. The minimum Gasteiger partial charge on any atom is -0.354 e. The molecule has 160 valence electrons. The summed E-state index contributed by atoms with van der Waals surface area (Å²) in [6, 6.07) is 5.82. The molecule has 2 amide bonds. The van der Waals surface area contributed by atoms with Gasteiger partial charge in [-0.15, -0.1) is 0 Å². The van der Waals surface area contributed by atoms with Crippen LogP contribution in [-0.4, -0.2) is 67.9 Å². The summed E-state index contributed by atoms with van der Waals surface area (Å²) in [5, 5.41) is 2.86. The summed E-state index contributed by atoms with van der Waals surface area (Å²) in [5.41, 5.74) is 0.322. The Morgan fingerprint density at radius 3 is 2.66 bits per heavy atom. The Bertz CT molecular complexity index is 861. The zero-order valence-corrected chi connectivity index (χ0v) is 17.5. The maximum atomic E-state index is 13.9. The fraction of sp³-hybridized carbons (Fsp3) is 0.600. The van der Waals surface area contributed by atoms with Crippen LogP contribution in [0.5, 0.6) is 0 Å². The van der Waals surface area contributed by atoms with E-state index in [0.717, 1.165) is 6.42 Å². The lowest BCUT2D eigenvalue weighted by Gasteiger charge is -2.30. The molecule has 0 aromatic heterocycles. The van der Waals surface area contributed by atoms with E-state index in [-0.39, 0.29) is 36.7 Å². The number of benzene rings is 1. The second-order valence-corrected chi connectivity index (χ2v) is 9.71. The number of fused-ring (bicyclic) bond motifs is 1. The van der Waals surface area contributed by atoms with E-state index in [1.165, 1.54) is 16.6 Å². The third-order valence-electron chi connectivity index (χ3n) is 5.75. The molecule has 0 spiro atoms. The first kappa shape index (κ1) is 21.7. The zero-order chi connectivity index (χ0) is 21.0.